The lowest BCUT2D eigenvalue weighted by atomic mass is 9.79. The normalized spacial score (nSPS) is 19.9. The largest absolute Gasteiger partial charge is 0.0654 e. The summed E-state index contributed by atoms with van der Waals surface area (Å²) in [4.78, 5) is 0. The van der Waals surface area contributed by atoms with E-state index in [0.717, 1.165) is 24.7 Å². The SMILES string of the molecule is CCCCCCc1ccc(CCc2ccc(C3CCC(C)CC3)cc2)cc1. The molecule has 146 valence electrons. The minimum atomic E-state index is 0.806. The molecule has 2 aromatic rings. The van der Waals surface area contributed by atoms with Crippen LogP contribution in [0.25, 0.3) is 0 Å². The van der Waals surface area contributed by atoms with Gasteiger partial charge in [0.15, 0.2) is 0 Å². The van der Waals surface area contributed by atoms with Crippen molar-refractivity contribution < 1.29 is 0 Å². The van der Waals surface area contributed by atoms with Gasteiger partial charge in [0.25, 0.3) is 0 Å². The summed E-state index contributed by atoms with van der Waals surface area (Å²) in [5.74, 6) is 1.74. The molecule has 0 radical (unpaired) electrons. The summed E-state index contributed by atoms with van der Waals surface area (Å²) in [5, 5.41) is 0. The van der Waals surface area contributed by atoms with Gasteiger partial charge in [0.05, 0.1) is 0 Å². The Balaban J connectivity index is 1.44. The van der Waals surface area contributed by atoms with Crippen LogP contribution in [-0.4, -0.2) is 0 Å². The predicted molar refractivity (Wildman–Crippen MR) is 119 cm³/mol. The van der Waals surface area contributed by atoms with Gasteiger partial charge in [-0.2, -0.15) is 0 Å². The molecule has 0 aromatic heterocycles. The first-order valence-corrected chi connectivity index (χ1v) is 11.4. The van der Waals surface area contributed by atoms with Gasteiger partial charge in [-0.05, 0) is 72.6 Å². The molecule has 0 heterocycles. The molecule has 0 spiro atoms. The van der Waals surface area contributed by atoms with Gasteiger partial charge in [-0.15, -0.1) is 0 Å². The average molecular weight is 363 g/mol. The van der Waals surface area contributed by atoms with Crippen molar-refractivity contribution in [2.75, 3.05) is 0 Å². The van der Waals surface area contributed by atoms with Gasteiger partial charge in [0.2, 0.25) is 0 Å². The van der Waals surface area contributed by atoms with Crippen LogP contribution in [0.1, 0.15) is 93.4 Å². The first-order valence-electron chi connectivity index (χ1n) is 11.4. The highest BCUT2D eigenvalue weighted by molar-refractivity contribution is 5.28. The Labute approximate surface area is 167 Å². The van der Waals surface area contributed by atoms with E-state index >= 15 is 0 Å². The highest BCUT2D eigenvalue weighted by atomic mass is 14.2. The summed E-state index contributed by atoms with van der Waals surface area (Å²) in [6.45, 7) is 4.68. The molecular formula is C27H38. The Kier molecular flexibility index (Phi) is 7.99. The van der Waals surface area contributed by atoms with Crippen molar-refractivity contribution in [1.29, 1.82) is 0 Å². The number of unbranched alkanes of at least 4 members (excludes halogenated alkanes) is 3. The number of rotatable bonds is 9. The van der Waals surface area contributed by atoms with Crippen molar-refractivity contribution in [2.45, 2.75) is 90.4 Å². The first kappa shape index (κ1) is 20.2. The molecule has 1 fully saturated rings. The van der Waals surface area contributed by atoms with Gasteiger partial charge in [-0.3, -0.25) is 0 Å². The van der Waals surface area contributed by atoms with E-state index in [2.05, 4.69) is 62.4 Å². The van der Waals surface area contributed by atoms with E-state index in [1.54, 1.807) is 5.56 Å². The van der Waals surface area contributed by atoms with Gasteiger partial charge in [-0.1, -0.05) is 94.5 Å². The highest BCUT2D eigenvalue weighted by Gasteiger charge is 2.19. The van der Waals surface area contributed by atoms with Crippen molar-refractivity contribution in [2.24, 2.45) is 5.92 Å². The molecule has 0 unspecified atom stereocenters. The summed E-state index contributed by atoms with van der Waals surface area (Å²) in [6.07, 6.45) is 14.5. The van der Waals surface area contributed by atoms with Crippen LogP contribution < -0.4 is 0 Å². The van der Waals surface area contributed by atoms with Crippen LogP contribution in [0.5, 0.6) is 0 Å². The molecule has 0 heteroatoms. The molecule has 1 aliphatic rings. The van der Waals surface area contributed by atoms with Crippen LogP contribution in [0.15, 0.2) is 48.5 Å². The second kappa shape index (κ2) is 10.7. The van der Waals surface area contributed by atoms with Gasteiger partial charge < -0.3 is 0 Å². The Bertz CT molecular complexity index is 641. The van der Waals surface area contributed by atoms with Crippen molar-refractivity contribution in [3.63, 3.8) is 0 Å². The molecule has 0 atom stereocenters. The zero-order valence-corrected chi connectivity index (χ0v) is 17.6. The Morgan fingerprint density at radius 1 is 0.630 bits per heavy atom. The molecule has 0 amide bonds. The van der Waals surface area contributed by atoms with E-state index in [-0.39, 0.29) is 0 Å². The topological polar surface area (TPSA) is 0 Å². The maximum absolute atomic E-state index is 2.40. The lowest BCUT2D eigenvalue weighted by molar-refractivity contribution is 0.348. The Morgan fingerprint density at radius 2 is 1.15 bits per heavy atom. The third-order valence-corrected chi connectivity index (χ3v) is 6.51. The second-order valence-electron chi connectivity index (χ2n) is 8.83. The summed E-state index contributed by atoms with van der Waals surface area (Å²) in [5.41, 5.74) is 6.02. The van der Waals surface area contributed by atoms with E-state index in [1.165, 1.54) is 74.5 Å². The molecule has 0 bridgehead atoms. The van der Waals surface area contributed by atoms with E-state index < -0.39 is 0 Å². The van der Waals surface area contributed by atoms with Crippen LogP contribution in [-0.2, 0) is 19.3 Å². The fraction of sp³-hybridized carbons (Fsp3) is 0.556. The zero-order chi connectivity index (χ0) is 18.9. The van der Waals surface area contributed by atoms with Crippen molar-refractivity contribution in [3.05, 3.63) is 70.8 Å². The lowest BCUT2D eigenvalue weighted by Gasteiger charge is -2.26. The van der Waals surface area contributed by atoms with E-state index in [9.17, 15) is 0 Å². The van der Waals surface area contributed by atoms with Gasteiger partial charge in [0, 0.05) is 0 Å². The van der Waals surface area contributed by atoms with Crippen molar-refractivity contribution >= 4 is 0 Å². The fourth-order valence-electron chi connectivity index (χ4n) is 4.47. The summed E-state index contributed by atoms with van der Waals surface area (Å²) in [6, 6.07) is 18.9. The number of benzene rings is 2. The molecule has 2 aromatic carbocycles. The lowest BCUT2D eigenvalue weighted by Crippen LogP contribution is -2.10. The maximum Gasteiger partial charge on any atom is -0.0162 e. The monoisotopic (exact) mass is 362 g/mol. The Hall–Kier alpha value is -1.56. The highest BCUT2D eigenvalue weighted by Crippen LogP contribution is 2.35. The first-order chi connectivity index (χ1) is 13.2. The van der Waals surface area contributed by atoms with E-state index in [4.69, 9.17) is 0 Å². The molecule has 27 heavy (non-hydrogen) atoms. The fourth-order valence-corrected chi connectivity index (χ4v) is 4.47. The van der Waals surface area contributed by atoms with E-state index in [1.807, 2.05) is 0 Å². The standard InChI is InChI=1S/C27H38/c1-3-4-5-6-7-23-10-12-24(13-11-23)14-15-25-16-20-27(21-17-25)26-18-8-22(2)9-19-26/h10-13,16-17,20-22,26H,3-9,14-15,18-19H2,1-2H3. The quantitative estimate of drug-likeness (QED) is 0.398. The van der Waals surface area contributed by atoms with Crippen LogP contribution in [0.2, 0.25) is 0 Å². The number of hydrogen-bond acceptors (Lipinski definition) is 0. The predicted octanol–water partition coefficient (Wildman–Crippen LogP) is 7.89. The molecule has 0 nitrogen and oxygen atoms in total. The molecule has 0 N–H and O–H groups in total. The molecule has 1 aliphatic carbocycles. The third-order valence-electron chi connectivity index (χ3n) is 6.51. The van der Waals surface area contributed by atoms with Gasteiger partial charge in [-0.25, -0.2) is 0 Å². The minimum Gasteiger partial charge on any atom is -0.0654 e. The third kappa shape index (κ3) is 6.52. The average Bonchev–Trinajstić information content (AvgIpc) is 2.72. The molecular weight excluding hydrogens is 324 g/mol. The van der Waals surface area contributed by atoms with Gasteiger partial charge in [0.1, 0.15) is 0 Å². The molecule has 3 rings (SSSR count). The van der Waals surface area contributed by atoms with E-state index in [0.29, 0.717) is 0 Å². The molecule has 0 aliphatic heterocycles. The summed E-state index contributed by atoms with van der Waals surface area (Å²) in [7, 11) is 0. The van der Waals surface area contributed by atoms with Crippen LogP contribution >= 0.6 is 0 Å². The Morgan fingerprint density at radius 3 is 1.70 bits per heavy atom. The summed E-state index contributed by atoms with van der Waals surface area (Å²) < 4.78 is 0. The van der Waals surface area contributed by atoms with Crippen LogP contribution in [0.3, 0.4) is 0 Å². The van der Waals surface area contributed by atoms with Crippen molar-refractivity contribution in [3.8, 4) is 0 Å². The number of hydrogen-bond donors (Lipinski definition) is 0. The van der Waals surface area contributed by atoms with Crippen LogP contribution in [0, 0.1) is 5.92 Å². The van der Waals surface area contributed by atoms with Crippen LogP contribution in [0.4, 0.5) is 0 Å². The summed E-state index contributed by atoms with van der Waals surface area (Å²) >= 11 is 0. The van der Waals surface area contributed by atoms with Gasteiger partial charge >= 0.3 is 0 Å². The van der Waals surface area contributed by atoms with Crippen molar-refractivity contribution in [1.82, 2.24) is 0 Å². The second-order valence-corrected chi connectivity index (χ2v) is 8.83. The maximum atomic E-state index is 2.40. The smallest absolute Gasteiger partial charge is 0.0162 e. The zero-order valence-electron chi connectivity index (χ0n) is 17.6. The molecule has 1 saturated carbocycles. The number of aryl methyl sites for hydroxylation is 3. The molecule has 0 saturated heterocycles. The minimum absolute atomic E-state index is 0.806.